The highest BCUT2D eigenvalue weighted by molar-refractivity contribution is 5.19. The fourth-order valence-electron chi connectivity index (χ4n) is 2.55. The molecule has 1 aromatic heterocycles. The van der Waals surface area contributed by atoms with Crippen molar-refractivity contribution in [2.24, 2.45) is 5.73 Å². The zero-order valence-corrected chi connectivity index (χ0v) is 10.4. The number of nitrogens with two attached hydrogens (primary N) is 1. The second kappa shape index (κ2) is 4.15. The van der Waals surface area contributed by atoms with E-state index in [0.29, 0.717) is 6.04 Å². The number of nitrogens with zero attached hydrogens (tertiary/aromatic N) is 2. The van der Waals surface area contributed by atoms with Crippen LogP contribution in [0.3, 0.4) is 0 Å². The predicted molar refractivity (Wildman–Crippen MR) is 66.0 cm³/mol. The Morgan fingerprint density at radius 2 is 2.19 bits per heavy atom. The molecule has 2 atom stereocenters. The van der Waals surface area contributed by atoms with Crippen molar-refractivity contribution < 1.29 is 0 Å². The molecule has 0 amide bonds. The molecule has 88 valence electrons. The summed E-state index contributed by atoms with van der Waals surface area (Å²) < 4.78 is 0. The lowest BCUT2D eigenvalue weighted by molar-refractivity contribution is 0.117. The van der Waals surface area contributed by atoms with E-state index in [2.05, 4.69) is 36.7 Å². The summed E-state index contributed by atoms with van der Waals surface area (Å²) in [5.74, 6) is 0. The van der Waals surface area contributed by atoms with E-state index >= 15 is 0 Å². The third-order valence-corrected chi connectivity index (χ3v) is 3.33. The molecule has 3 nitrogen and oxygen atoms in total. The number of likely N-dealkylation sites (tertiary alicyclic amines) is 1. The van der Waals surface area contributed by atoms with Crippen molar-refractivity contribution in [3.63, 3.8) is 0 Å². The predicted octanol–water partition coefficient (Wildman–Crippen LogP) is 1.95. The van der Waals surface area contributed by atoms with Crippen LogP contribution in [-0.2, 0) is 0 Å². The normalized spacial score (nSPS) is 27.2. The molecular weight excluding hydrogens is 198 g/mol. The van der Waals surface area contributed by atoms with Gasteiger partial charge < -0.3 is 5.73 Å². The van der Waals surface area contributed by atoms with E-state index in [1.807, 2.05) is 18.5 Å². The highest BCUT2D eigenvalue weighted by Gasteiger charge is 2.38. The van der Waals surface area contributed by atoms with Gasteiger partial charge in [-0.2, -0.15) is 0 Å². The van der Waals surface area contributed by atoms with Crippen LogP contribution in [0.1, 0.15) is 38.8 Å². The van der Waals surface area contributed by atoms with Crippen LogP contribution in [0.25, 0.3) is 0 Å². The van der Waals surface area contributed by atoms with Crippen LogP contribution in [0.15, 0.2) is 24.5 Å². The SMILES string of the molecule is CC(C)(C)N1CCC(N)C1c1cccnc1. The van der Waals surface area contributed by atoms with E-state index < -0.39 is 0 Å². The maximum Gasteiger partial charge on any atom is 0.0520 e. The third kappa shape index (κ3) is 2.11. The molecular formula is C13H21N3. The van der Waals surface area contributed by atoms with Gasteiger partial charge in [0.05, 0.1) is 6.04 Å². The summed E-state index contributed by atoms with van der Waals surface area (Å²) >= 11 is 0. The van der Waals surface area contributed by atoms with E-state index in [1.165, 1.54) is 5.56 Å². The van der Waals surface area contributed by atoms with Gasteiger partial charge in [-0.3, -0.25) is 9.88 Å². The second-order valence-electron chi connectivity index (χ2n) is 5.55. The van der Waals surface area contributed by atoms with Crippen molar-refractivity contribution in [2.75, 3.05) is 6.54 Å². The molecule has 2 rings (SSSR count). The van der Waals surface area contributed by atoms with Gasteiger partial charge >= 0.3 is 0 Å². The lowest BCUT2D eigenvalue weighted by Crippen LogP contribution is -2.43. The minimum Gasteiger partial charge on any atom is -0.326 e. The van der Waals surface area contributed by atoms with Gasteiger partial charge in [-0.25, -0.2) is 0 Å². The summed E-state index contributed by atoms with van der Waals surface area (Å²) in [6.07, 6.45) is 4.82. The van der Waals surface area contributed by atoms with Gasteiger partial charge in [-0.1, -0.05) is 6.07 Å². The molecule has 2 N–H and O–H groups in total. The van der Waals surface area contributed by atoms with Crippen molar-refractivity contribution in [1.82, 2.24) is 9.88 Å². The van der Waals surface area contributed by atoms with E-state index in [1.54, 1.807) is 0 Å². The van der Waals surface area contributed by atoms with Crippen LogP contribution in [0.4, 0.5) is 0 Å². The Morgan fingerprint density at radius 1 is 1.44 bits per heavy atom. The fraction of sp³-hybridized carbons (Fsp3) is 0.615. The Labute approximate surface area is 97.7 Å². The summed E-state index contributed by atoms with van der Waals surface area (Å²) in [7, 11) is 0. The molecule has 0 aliphatic carbocycles. The zero-order chi connectivity index (χ0) is 11.8. The molecule has 2 heterocycles. The fourth-order valence-corrected chi connectivity index (χ4v) is 2.55. The molecule has 0 bridgehead atoms. The van der Waals surface area contributed by atoms with E-state index in [-0.39, 0.29) is 11.6 Å². The number of hydrogen-bond acceptors (Lipinski definition) is 3. The molecule has 1 saturated heterocycles. The summed E-state index contributed by atoms with van der Waals surface area (Å²) in [6, 6.07) is 4.65. The third-order valence-electron chi connectivity index (χ3n) is 3.33. The number of aromatic nitrogens is 1. The monoisotopic (exact) mass is 219 g/mol. The minimum atomic E-state index is 0.161. The van der Waals surface area contributed by atoms with Crippen LogP contribution in [0, 0.1) is 0 Å². The molecule has 0 saturated carbocycles. The summed E-state index contributed by atoms with van der Waals surface area (Å²) in [4.78, 5) is 6.68. The van der Waals surface area contributed by atoms with E-state index in [4.69, 9.17) is 5.73 Å². The Kier molecular flexibility index (Phi) is 3.00. The smallest absolute Gasteiger partial charge is 0.0520 e. The molecule has 2 unspecified atom stereocenters. The molecule has 16 heavy (non-hydrogen) atoms. The molecule has 0 aromatic carbocycles. The van der Waals surface area contributed by atoms with E-state index in [9.17, 15) is 0 Å². The van der Waals surface area contributed by atoms with Crippen LogP contribution < -0.4 is 5.73 Å². The molecule has 0 radical (unpaired) electrons. The Morgan fingerprint density at radius 3 is 2.75 bits per heavy atom. The number of rotatable bonds is 1. The Balaban J connectivity index is 2.30. The first kappa shape index (κ1) is 11.6. The van der Waals surface area contributed by atoms with E-state index in [0.717, 1.165) is 13.0 Å². The first-order valence-corrected chi connectivity index (χ1v) is 5.92. The quantitative estimate of drug-likeness (QED) is 0.785. The van der Waals surface area contributed by atoms with Gasteiger partial charge in [0.1, 0.15) is 0 Å². The zero-order valence-electron chi connectivity index (χ0n) is 10.4. The maximum atomic E-state index is 6.23. The molecule has 0 spiro atoms. The summed E-state index contributed by atoms with van der Waals surface area (Å²) in [6.45, 7) is 7.81. The average Bonchev–Trinajstić information content (AvgIpc) is 2.61. The highest BCUT2D eigenvalue weighted by atomic mass is 15.3. The van der Waals surface area contributed by atoms with Gasteiger partial charge in [-0.15, -0.1) is 0 Å². The van der Waals surface area contributed by atoms with Gasteiger partial charge in [0, 0.05) is 30.5 Å². The van der Waals surface area contributed by atoms with Gasteiger partial charge in [0.25, 0.3) is 0 Å². The van der Waals surface area contributed by atoms with Crippen molar-refractivity contribution >= 4 is 0 Å². The first-order chi connectivity index (χ1) is 7.50. The molecule has 3 heteroatoms. The van der Waals surface area contributed by atoms with Crippen LogP contribution in [0.2, 0.25) is 0 Å². The molecule has 1 aliphatic heterocycles. The van der Waals surface area contributed by atoms with Gasteiger partial charge in [-0.05, 0) is 38.8 Å². The van der Waals surface area contributed by atoms with Crippen LogP contribution in [0.5, 0.6) is 0 Å². The summed E-state index contributed by atoms with van der Waals surface area (Å²) in [5, 5.41) is 0. The largest absolute Gasteiger partial charge is 0.326 e. The Hall–Kier alpha value is -0.930. The van der Waals surface area contributed by atoms with Crippen molar-refractivity contribution in [3.05, 3.63) is 30.1 Å². The topological polar surface area (TPSA) is 42.1 Å². The van der Waals surface area contributed by atoms with Gasteiger partial charge in [0.2, 0.25) is 0 Å². The first-order valence-electron chi connectivity index (χ1n) is 5.92. The number of pyridine rings is 1. The van der Waals surface area contributed by atoms with Gasteiger partial charge in [0.15, 0.2) is 0 Å². The van der Waals surface area contributed by atoms with Crippen molar-refractivity contribution in [2.45, 2.75) is 44.8 Å². The average molecular weight is 219 g/mol. The van der Waals surface area contributed by atoms with Crippen LogP contribution in [-0.4, -0.2) is 28.0 Å². The minimum absolute atomic E-state index is 0.161. The highest BCUT2D eigenvalue weighted by Crippen LogP contribution is 2.36. The van der Waals surface area contributed by atoms with Crippen molar-refractivity contribution in [3.8, 4) is 0 Å². The molecule has 1 fully saturated rings. The number of hydrogen-bond donors (Lipinski definition) is 1. The lowest BCUT2D eigenvalue weighted by atomic mass is 9.98. The van der Waals surface area contributed by atoms with Crippen LogP contribution >= 0.6 is 0 Å². The molecule has 1 aliphatic rings. The standard InChI is InChI=1S/C13H21N3/c1-13(2,3)16-8-6-11(14)12(16)10-5-4-7-15-9-10/h4-5,7,9,11-12H,6,8,14H2,1-3H3. The lowest BCUT2D eigenvalue weighted by Gasteiger charge is -2.38. The molecule has 1 aromatic rings. The Bertz CT molecular complexity index is 342. The summed E-state index contributed by atoms with van der Waals surface area (Å²) in [5.41, 5.74) is 7.63. The van der Waals surface area contributed by atoms with Crippen molar-refractivity contribution in [1.29, 1.82) is 0 Å². The maximum absolute atomic E-state index is 6.23. The second-order valence-corrected chi connectivity index (χ2v) is 5.55.